The molecule has 1 aliphatic carbocycles. The molecular formula is C24H40IN3O2. The Morgan fingerprint density at radius 1 is 1.03 bits per heavy atom. The van der Waals surface area contributed by atoms with Crippen molar-refractivity contribution in [3.8, 4) is 0 Å². The third-order valence-electron chi connectivity index (χ3n) is 6.42. The van der Waals surface area contributed by atoms with Crippen molar-refractivity contribution in [1.82, 2.24) is 10.6 Å². The summed E-state index contributed by atoms with van der Waals surface area (Å²) in [6.07, 6.45) is 7.49. The van der Waals surface area contributed by atoms with Crippen molar-refractivity contribution in [3.05, 3.63) is 35.4 Å². The average Bonchev–Trinajstić information content (AvgIpc) is 2.77. The van der Waals surface area contributed by atoms with E-state index in [0.29, 0.717) is 18.8 Å². The van der Waals surface area contributed by atoms with E-state index in [-0.39, 0.29) is 24.0 Å². The first-order valence-electron chi connectivity index (χ1n) is 11.4. The predicted molar refractivity (Wildman–Crippen MR) is 134 cm³/mol. The Morgan fingerprint density at radius 3 is 2.27 bits per heavy atom. The molecule has 1 aromatic rings. The summed E-state index contributed by atoms with van der Waals surface area (Å²) in [7, 11) is 1.85. The Bertz CT molecular complexity index is 622. The molecule has 0 radical (unpaired) electrons. The summed E-state index contributed by atoms with van der Waals surface area (Å²) < 4.78 is 11.4. The lowest BCUT2D eigenvalue weighted by Gasteiger charge is -2.32. The van der Waals surface area contributed by atoms with Crippen molar-refractivity contribution in [1.29, 1.82) is 0 Å². The van der Waals surface area contributed by atoms with Crippen LogP contribution in [-0.4, -0.2) is 38.4 Å². The van der Waals surface area contributed by atoms with Crippen molar-refractivity contribution in [2.75, 3.05) is 20.3 Å². The summed E-state index contributed by atoms with van der Waals surface area (Å²) in [5, 5.41) is 7.08. The number of guanidine groups is 1. The Hall–Kier alpha value is -0.860. The van der Waals surface area contributed by atoms with Crippen molar-refractivity contribution in [2.24, 2.45) is 16.8 Å². The van der Waals surface area contributed by atoms with Crippen LogP contribution in [0.1, 0.15) is 63.5 Å². The second-order valence-electron chi connectivity index (χ2n) is 8.87. The lowest BCUT2D eigenvalue weighted by atomic mass is 9.80. The molecule has 0 aromatic heterocycles. The van der Waals surface area contributed by atoms with Crippen molar-refractivity contribution in [3.63, 3.8) is 0 Å². The number of rotatable bonds is 7. The molecule has 0 amide bonds. The number of benzene rings is 1. The van der Waals surface area contributed by atoms with Gasteiger partial charge in [0.2, 0.25) is 0 Å². The maximum absolute atomic E-state index is 6.01. The van der Waals surface area contributed by atoms with Crippen LogP contribution in [0.3, 0.4) is 0 Å². The summed E-state index contributed by atoms with van der Waals surface area (Å²) in [5.74, 6) is 2.60. The molecule has 5 nitrogen and oxygen atoms in total. The molecule has 1 aromatic carbocycles. The molecule has 0 unspecified atom stereocenters. The fraction of sp³-hybridized carbons (Fsp3) is 0.708. The smallest absolute Gasteiger partial charge is 0.191 e. The van der Waals surface area contributed by atoms with Crippen LogP contribution >= 0.6 is 24.0 Å². The summed E-state index contributed by atoms with van der Waals surface area (Å²) in [4.78, 5) is 4.41. The van der Waals surface area contributed by atoms with Gasteiger partial charge in [0.25, 0.3) is 0 Å². The lowest BCUT2D eigenvalue weighted by Crippen LogP contribution is -2.44. The zero-order chi connectivity index (χ0) is 20.5. The van der Waals surface area contributed by atoms with Crippen molar-refractivity contribution < 1.29 is 9.47 Å². The zero-order valence-electron chi connectivity index (χ0n) is 18.9. The fourth-order valence-electron chi connectivity index (χ4n) is 4.31. The largest absolute Gasteiger partial charge is 0.381 e. The molecule has 1 aliphatic heterocycles. The highest BCUT2D eigenvalue weighted by Crippen LogP contribution is 2.29. The third-order valence-corrected chi connectivity index (χ3v) is 6.42. The topological polar surface area (TPSA) is 54.9 Å². The number of aliphatic imine (C=N–C) groups is 1. The Kier molecular flexibility index (Phi) is 11.5. The zero-order valence-corrected chi connectivity index (χ0v) is 21.2. The molecule has 3 rings (SSSR count). The fourth-order valence-corrected chi connectivity index (χ4v) is 4.31. The van der Waals surface area contributed by atoms with Crippen LogP contribution in [0.25, 0.3) is 0 Å². The van der Waals surface area contributed by atoms with E-state index >= 15 is 0 Å². The van der Waals surface area contributed by atoms with E-state index in [2.05, 4.69) is 53.7 Å². The Balaban J connectivity index is 0.00000320. The predicted octanol–water partition coefficient (Wildman–Crippen LogP) is 4.88. The van der Waals surface area contributed by atoms with Crippen LogP contribution in [0.4, 0.5) is 0 Å². The molecule has 30 heavy (non-hydrogen) atoms. The highest BCUT2D eigenvalue weighted by Gasteiger charge is 2.23. The van der Waals surface area contributed by atoms with Crippen molar-refractivity contribution in [2.45, 2.75) is 77.7 Å². The van der Waals surface area contributed by atoms with Gasteiger partial charge in [-0.1, -0.05) is 38.1 Å². The number of hydrogen-bond donors (Lipinski definition) is 2. The van der Waals surface area contributed by atoms with Gasteiger partial charge in [0.15, 0.2) is 5.96 Å². The average molecular weight is 530 g/mol. The van der Waals surface area contributed by atoms with E-state index in [4.69, 9.17) is 9.47 Å². The van der Waals surface area contributed by atoms with Crippen LogP contribution < -0.4 is 10.6 Å². The Morgan fingerprint density at radius 2 is 1.67 bits per heavy atom. The second-order valence-corrected chi connectivity index (χ2v) is 8.87. The quantitative estimate of drug-likeness (QED) is 0.301. The first-order valence-corrected chi connectivity index (χ1v) is 11.4. The molecule has 2 aliphatic rings. The van der Waals surface area contributed by atoms with Gasteiger partial charge < -0.3 is 20.1 Å². The van der Waals surface area contributed by atoms with Gasteiger partial charge in [-0.05, 0) is 61.5 Å². The molecule has 0 spiro atoms. The van der Waals surface area contributed by atoms with E-state index in [1.54, 1.807) is 0 Å². The molecule has 2 N–H and O–H groups in total. The molecular weight excluding hydrogens is 489 g/mol. The highest BCUT2D eigenvalue weighted by molar-refractivity contribution is 14.0. The summed E-state index contributed by atoms with van der Waals surface area (Å²) in [6.45, 7) is 7.80. The van der Waals surface area contributed by atoms with E-state index in [0.717, 1.165) is 50.4 Å². The second kappa shape index (κ2) is 13.5. The summed E-state index contributed by atoms with van der Waals surface area (Å²) in [5.41, 5.74) is 2.48. The van der Waals surface area contributed by atoms with Gasteiger partial charge in [0.1, 0.15) is 0 Å². The van der Waals surface area contributed by atoms with Gasteiger partial charge in [0, 0.05) is 32.8 Å². The molecule has 6 heteroatoms. The molecule has 1 heterocycles. The van der Waals surface area contributed by atoms with Crippen LogP contribution in [0.5, 0.6) is 0 Å². The van der Waals surface area contributed by atoms with Crippen LogP contribution in [0.15, 0.2) is 29.3 Å². The van der Waals surface area contributed by atoms with E-state index < -0.39 is 0 Å². The van der Waals surface area contributed by atoms with Crippen molar-refractivity contribution >= 4 is 29.9 Å². The van der Waals surface area contributed by atoms with Crippen LogP contribution in [0.2, 0.25) is 0 Å². The van der Waals surface area contributed by atoms with Gasteiger partial charge in [-0.15, -0.1) is 24.0 Å². The minimum absolute atomic E-state index is 0. The first-order chi connectivity index (χ1) is 14.1. The minimum atomic E-state index is 0. The van der Waals surface area contributed by atoms with Gasteiger partial charge in [-0.25, -0.2) is 0 Å². The number of nitrogens with one attached hydrogen (secondary N) is 2. The number of halogens is 1. The van der Waals surface area contributed by atoms with E-state index in [1.165, 1.54) is 36.8 Å². The molecule has 1 saturated carbocycles. The number of ether oxygens (including phenoxy) is 2. The summed E-state index contributed by atoms with van der Waals surface area (Å²) >= 11 is 0. The molecule has 170 valence electrons. The van der Waals surface area contributed by atoms with Gasteiger partial charge in [0.05, 0.1) is 12.7 Å². The van der Waals surface area contributed by atoms with Gasteiger partial charge in [-0.3, -0.25) is 4.99 Å². The summed E-state index contributed by atoms with van der Waals surface area (Å²) in [6, 6.07) is 9.23. The van der Waals surface area contributed by atoms with Gasteiger partial charge >= 0.3 is 0 Å². The lowest BCUT2D eigenvalue weighted by molar-refractivity contribution is -0.0390. The molecule has 1 saturated heterocycles. The van der Waals surface area contributed by atoms with Gasteiger partial charge in [-0.2, -0.15) is 0 Å². The third kappa shape index (κ3) is 8.35. The molecule has 2 fully saturated rings. The number of nitrogens with zero attached hydrogens (tertiary/aromatic N) is 1. The van der Waals surface area contributed by atoms with E-state index in [9.17, 15) is 0 Å². The van der Waals surface area contributed by atoms with Crippen LogP contribution in [-0.2, 0) is 22.6 Å². The maximum Gasteiger partial charge on any atom is 0.191 e. The minimum Gasteiger partial charge on any atom is -0.381 e. The van der Waals surface area contributed by atoms with E-state index in [1.807, 2.05) is 7.05 Å². The standard InChI is InChI=1S/C24H39N3O2.HI/c1-18(2)21-8-10-22(11-9-21)27-24(25-3)26-16-19-4-6-20(7-5-19)17-29-23-12-14-28-15-13-23;/h4-7,18,21-23H,8-17H2,1-3H3,(H2,25,26,27);1H. The highest BCUT2D eigenvalue weighted by atomic mass is 127. The van der Waals surface area contributed by atoms with Crippen LogP contribution in [0, 0.1) is 11.8 Å². The number of hydrogen-bond acceptors (Lipinski definition) is 3. The SMILES string of the molecule is CN=C(NCc1ccc(COC2CCOCC2)cc1)NC1CCC(C(C)C)CC1.I. The Labute approximate surface area is 199 Å². The molecule has 0 bridgehead atoms. The first kappa shape index (κ1) is 25.4. The maximum atomic E-state index is 6.01. The molecule has 0 atom stereocenters. The monoisotopic (exact) mass is 529 g/mol. The normalized spacial score (nSPS) is 23.1.